The molecule has 0 atom stereocenters. The van der Waals surface area contributed by atoms with E-state index in [1.165, 1.54) is 35.4 Å². The van der Waals surface area contributed by atoms with Crippen LogP contribution in [0.5, 0.6) is 0 Å². The minimum Gasteiger partial charge on any atom is -0.265 e. The van der Waals surface area contributed by atoms with E-state index in [0.29, 0.717) is 5.41 Å². The first-order valence-corrected chi connectivity index (χ1v) is 7.14. The van der Waals surface area contributed by atoms with Gasteiger partial charge in [-0.25, -0.2) is 0 Å². The molecular formula is C17H22N2. The molecule has 0 aliphatic heterocycles. The SMILES string of the molecule is Cc1nn(Cc2ccccc2)c2c1CCC(C)(C)C2. The Labute approximate surface area is 115 Å². The number of rotatable bonds is 2. The van der Waals surface area contributed by atoms with Gasteiger partial charge in [0, 0.05) is 5.69 Å². The molecule has 0 N–H and O–H groups in total. The van der Waals surface area contributed by atoms with Gasteiger partial charge in [-0.1, -0.05) is 44.2 Å². The van der Waals surface area contributed by atoms with Gasteiger partial charge in [0.2, 0.25) is 0 Å². The first kappa shape index (κ1) is 12.5. The van der Waals surface area contributed by atoms with Crippen molar-refractivity contribution in [3.8, 4) is 0 Å². The largest absolute Gasteiger partial charge is 0.265 e. The van der Waals surface area contributed by atoms with E-state index >= 15 is 0 Å². The van der Waals surface area contributed by atoms with E-state index in [4.69, 9.17) is 5.10 Å². The fourth-order valence-electron chi connectivity index (χ4n) is 3.08. The third-order valence-electron chi connectivity index (χ3n) is 4.24. The van der Waals surface area contributed by atoms with Crippen molar-refractivity contribution in [1.82, 2.24) is 9.78 Å². The van der Waals surface area contributed by atoms with Gasteiger partial charge in [0.25, 0.3) is 0 Å². The lowest BCUT2D eigenvalue weighted by Crippen LogP contribution is -2.24. The van der Waals surface area contributed by atoms with Crippen molar-refractivity contribution in [1.29, 1.82) is 0 Å². The molecule has 1 aromatic heterocycles. The molecule has 0 radical (unpaired) electrons. The van der Waals surface area contributed by atoms with E-state index in [9.17, 15) is 0 Å². The molecule has 2 aromatic rings. The summed E-state index contributed by atoms with van der Waals surface area (Å²) in [6.07, 6.45) is 3.61. The molecule has 1 heterocycles. The maximum atomic E-state index is 4.77. The first-order valence-electron chi connectivity index (χ1n) is 7.14. The predicted molar refractivity (Wildman–Crippen MR) is 78.3 cm³/mol. The van der Waals surface area contributed by atoms with Gasteiger partial charge in [0.1, 0.15) is 0 Å². The normalized spacial score (nSPS) is 17.2. The van der Waals surface area contributed by atoms with Crippen molar-refractivity contribution in [2.24, 2.45) is 5.41 Å². The standard InChI is InChI=1S/C17H22N2/c1-13-15-9-10-17(2,3)11-16(15)19(18-13)12-14-7-5-4-6-8-14/h4-8H,9-12H2,1-3H3. The van der Waals surface area contributed by atoms with Crippen molar-refractivity contribution >= 4 is 0 Å². The van der Waals surface area contributed by atoms with Crippen molar-refractivity contribution < 1.29 is 0 Å². The Morgan fingerprint density at radius 3 is 2.68 bits per heavy atom. The fourth-order valence-corrected chi connectivity index (χ4v) is 3.08. The van der Waals surface area contributed by atoms with Crippen LogP contribution >= 0.6 is 0 Å². The smallest absolute Gasteiger partial charge is 0.0662 e. The van der Waals surface area contributed by atoms with Crippen LogP contribution in [0.15, 0.2) is 30.3 Å². The van der Waals surface area contributed by atoms with Gasteiger partial charge in [-0.15, -0.1) is 0 Å². The number of nitrogens with zero attached hydrogens (tertiary/aromatic N) is 2. The number of benzene rings is 1. The Morgan fingerprint density at radius 1 is 1.21 bits per heavy atom. The van der Waals surface area contributed by atoms with Gasteiger partial charge in [-0.3, -0.25) is 4.68 Å². The maximum absolute atomic E-state index is 4.77. The molecule has 0 unspecified atom stereocenters. The Bertz CT molecular complexity index is 579. The molecular weight excluding hydrogens is 232 g/mol. The van der Waals surface area contributed by atoms with Gasteiger partial charge in [-0.05, 0) is 42.7 Å². The van der Waals surface area contributed by atoms with Crippen LogP contribution in [0.1, 0.15) is 42.8 Å². The molecule has 2 nitrogen and oxygen atoms in total. The average Bonchev–Trinajstić information content (AvgIpc) is 2.65. The predicted octanol–water partition coefficient (Wildman–Crippen LogP) is 3.75. The molecule has 3 rings (SSSR count). The number of aryl methyl sites for hydroxylation is 1. The molecule has 0 saturated carbocycles. The van der Waals surface area contributed by atoms with Gasteiger partial charge in [0.15, 0.2) is 0 Å². The van der Waals surface area contributed by atoms with E-state index in [1.807, 2.05) is 0 Å². The fraction of sp³-hybridized carbons (Fsp3) is 0.471. The molecule has 1 aromatic carbocycles. The molecule has 19 heavy (non-hydrogen) atoms. The van der Waals surface area contributed by atoms with Crippen LogP contribution in [0.2, 0.25) is 0 Å². The third-order valence-corrected chi connectivity index (χ3v) is 4.24. The van der Waals surface area contributed by atoms with Gasteiger partial charge >= 0.3 is 0 Å². The third kappa shape index (κ3) is 2.44. The van der Waals surface area contributed by atoms with Crippen LogP contribution in [0, 0.1) is 12.3 Å². The monoisotopic (exact) mass is 254 g/mol. The van der Waals surface area contributed by atoms with E-state index in [0.717, 1.165) is 13.0 Å². The minimum absolute atomic E-state index is 0.411. The van der Waals surface area contributed by atoms with E-state index in [-0.39, 0.29) is 0 Å². The topological polar surface area (TPSA) is 17.8 Å². The lowest BCUT2D eigenvalue weighted by atomic mass is 9.76. The molecule has 0 amide bonds. The van der Waals surface area contributed by atoms with Crippen LogP contribution in [0.3, 0.4) is 0 Å². The lowest BCUT2D eigenvalue weighted by Gasteiger charge is -2.30. The highest BCUT2D eigenvalue weighted by molar-refractivity contribution is 5.30. The second kappa shape index (κ2) is 4.52. The summed E-state index contributed by atoms with van der Waals surface area (Å²) < 4.78 is 2.22. The van der Waals surface area contributed by atoms with Gasteiger partial charge in [0.05, 0.1) is 12.2 Å². The van der Waals surface area contributed by atoms with Crippen molar-refractivity contribution in [3.05, 3.63) is 52.8 Å². The second-order valence-electron chi connectivity index (χ2n) is 6.49. The molecule has 0 bridgehead atoms. The summed E-state index contributed by atoms with van der Waals surface area (Å²) in [5, 5.41) is 4.77. The van der Waals surface area contributed by atoms with Crippen LogP contribution in [-0.4, -0.2) is 9.78 Å². The van der Waals surface area contributed by atoms with Crippen LogP contribution in [0.25, 0.3) is 0 Å². The number of aromatic nitrogens is 2. The summed E-state index contributed by atoms with van der Waals surface area (Å²) in [6, 6.07) is 10.6. The summed E-state index contributed by atoms with van der Waals surface area (Å²) >= 11 is 0. The maximum Gasteiger partial charge on any atom is 0.0662 e. The summed E-state index contributed by atoms with van der Waals surface area (Å²) in [5.41, 5.74) is 5.92. The van der Waals surface area contributed by atoms with Crippen molar-refractivity contribution in [2.45, 2.75) is 46.6 Å². The zero-order valence-corrected chi connectivity index (χ0v) is 12.1. The Kier molecular flexibility index (Phi) is 2.96. The Morgan fingerprint density at radius 2 is 1.95 bits per heavy atom. The Balaban J connectivity index is 1.95. The van der Waals surface area contributed by atoms with Crippen molar-refractivity contribution in [3.63, 3.8) is 0 Å². The number of hydrogen-bond acceptors (Lipinski definition) is 1. The molecule has 0 saturated heterocycles. The summed E-state index contributed by atoms with van der Waals surface area (Å²) in [7, 11) is 0. The van der Waals surface area contributed by atoms with Crippen LogP contribution < -0.4 is 0 Å². The molecule has 1 aliphatic rings. The Hall–Kier alpha value is -1.57. The zero-order valence-electron chi connectivity index (χ0n) is 12.1. The summed E-state index contributed by atoms with van der Waals surface area (Å²) in [4.78, 5) is 0. The van der Waals surface area contributed by atoms with E-state index in [1.54, 1.807) is 0 Å². The highest BCUT2D eigenvalue weighted by atomic mass is 15.3. The second-order valence-corrected chi connectivity index (χ2v) is 6.49. The molecule has 0 fully saturated rings. The zero-order chi connectivity index (χ0) is 13.5. The minimum atomic E-state index is 0.411. The van der Waals surface area contributed by atoms with E-state index in [2.05, 4.69) is 55.8 Å². The highest BCUT2D eigenvalue weighted by Crippen LogP contribution is 2.36. The quantitative estimate of drug-likeness (QED) is 0.798. The highest BCUT2D eigenvalue weighted by Gasteiger charge is 2.29. The first-order chi connectivity index (χ1) is 9.05. The van der Waals surface area contributed by atoms with Crippen LogP contribution in [-0.2, 0) is 19.4 Å². The number of hydrogen-bond donors (Lipinski definition) is 0. The molecule has 1 aliphatic carbocycles. The molecule has 2 heteroatoms. The number of fused-ring (bicyclic) bond motifs is 1. The van der Waals surface area contributed by atoms with E-state index < -0.39 is 0 Å². The molecule has 0 spiro atoms. The van der Waals surface area contributed by atoms with Gasteiger partial charge in [-0.2, -0.15) is 5.10 Å². The van der Waals surface area contributed by atoms with Crippen molar-refractivity contribution in [2.75, 3.05) is 0 Å². The molecule has 100 valence electrons. The lowest BCUT2D eigenvalue weighted by molar-refractivity contribution is 0.305. The summed E-state index contributed by atoms with van der Waals surface area (Å²) in [6.45, 7) is 7.78. The summed E-state index contributed by atoms with van der Waals surface area (Å²) in [5.74, 6) is 0. The average molecular weight is 254 g/mol. The van der Waals surface area contributed by atoms with Crippen LogP contribution in [0.4, 0.5) is 0 Å². The van der Waals surface area contributed by atoms with Gasteiger partial charge < -0.3 is 0 Å².